The van der Waals surface area contributed by atoms with Crippen molar-refractivity contribution in [3.05, 3.63) is 0 Å². The highest BCUT2D eigenvalue weighted by Gasteiger charge is 2.11. The summed E-state index contributed by atoms with van der Waals surface area (Å²) in [5, 5.41) is 0. The van der Waals surface area contributed by atoms with Gasteiger partial charge in [0.1, 0.15) is 0 Å². The van der Waals surface area contributed by atoms with Crippen LogP contribution in [0.3, 0.4) is 0 Å². The molecular weight excluding hydrogens is 351 g/mol. The van der Waals surface area contributed by atoms with Crippen LogP contribution in [0.2, 0.25) is 0 Å². The minimum atomic E-state index is -1.72. The predicted octanol–water partition coefficient (Wildman–Crippen LogP) is 8.30. The normalized spacial score (nSPS) is 16.2. The lowest BCUT2D eigenvalue weighted by Gasteiger charge is -2.13. The quantitative estimate of drug-likeness (QED) is 0.153. The second-order valence-electron chi connectivity index (χ2n) is 6.72. The molecule has 0 spiro atoms. The second kappa shape index (κ2) is 18.4. The molecule has 0 aliphatic heterocycles. The van der Waals surface area contributed by atoms with E-state index in [4.69, 9.17) is 33.2 Å². The molecule has 0 atom stereocenters. The highest BCUT2D eigenvalue weighted by atomic mass is 35.8. The summed E-state index contributed by atoms with van der Waals surface area (Å²) in [5.41, 5.74) is 0. The Hall–Kier alpha value is 1.09. The fraction of sp³-hybridized carbons (Fsp3) is 1.00. The van der Waals surface area contributed by atoms with Crippen molar-refractivity contribution in [2.24, 2.45) is 5.92 Å². The Balaban J connectivity index is 0.000000980. The van der Waals surface area contributed by atoms with Crippen LogP contribution in [0.4, 0.5) is 0 Å². The van der Waals surface area contributed by atoms with Gasteiger partial charge in [0, 0.05) is 0 Å². The first-order chi connectivity index (χ1) is 10.7. The van der Waals surface area contributed by atoms with Crippen LogP contribution in [0, 0.1) is 5.92 Å². The topological polar surface area (TPSA) is 0 Å². The van der Waals surface area contributed by atoms with Crippen molar-refractivity contribution in [3.8, 4) is 0 Å². The Morgan fingerprint density at radius 3 is 1.55 bits per heavy atom. The van der Waals surface area contributed by atoms with Crippen LogP contribution in [0.1, 0.15) is 110 Å². The predicted molar refractivity (Wildman–Crippen MR) is 108 cm³/mol. The van der Waals surface area contributed by atoms with Crippen molar-refractivity contribution in [1.29, 1.82) is 0 Å². The van der Waals surface area contributed by atoms with Crippen LogP contribution in [0.5, 0.6) is 0 Å². The molecule has 1 saturated carbocycles. The van der Waals surface area contributed by atoms with Crippen molar-refractivity contribution >= 4 is 40.0 Å². The van der Waals surface area contributed by atoms with E-state index in [2.05, 4.69) is 6.92 Å². The number of hydrogen-bond donors (Lipinski definition) is 0. The zero-order valence-corrected chi connectivity index (χ0v) is 18.0. The Morgan fingerprint density at radius 1 is 0.682 bits per heavy atom. The molecule has 0 nitrogen and oxygen atoms in total. The number of unbranched alkanes of at least 4 members (excludes halogenated alkanes) is 8. The standard InChI is InChI=1S/C18H36.Cl3HSi/c1-2-3-4-5-6-7-8-9-12-15-18-16-13-10-11-14-17-18;1-4(2)3/h18H,2-17H2,1H3;4H. The third-order valence-corrected chi connectivity index (χ3v) is 4.69. The van der Waals surface area contributed by atoms with Crippen LogP contribution in [0.25, 0.3) is 0 Å². The summed E-state index contributed by atoms with van der Waals surface area (Å²) < 4.78 is 0. The third kappa shape index (κ3) is 19.1. The maximum atomic E-state index is 4.94. The molecule has 134 valence electrons. The van der Waals surface area contributed by atoms with Gasteiger partial charge in [-0.2, -0.15) is 0 Å². The number of rotatable bonds is 10. The highest BCUT2D eigenvalue weighted by molar-refractivity contribution is 7.54. The Kier molecular flexibility index (Phi) is 19.3. The van der Waals surface area contributed by atoms with Crippen molar-refractivity contribution in [1.82, 2.24) is 0 Å². The molecule has 0 aromatic carbocycles. The number of hydrogen-bond acceptors (Lipinski definition) is 0. The molecule has 0 aromatic heterocycles. The molecule has 1 fully saturated rings. The zero-order valence-electron chi connectivity index (χ0n) is 14.6. The lowest BCUT2D eigenvalue weighted by atomic mass is 9.93. The fourth-order valence-corrected chi connectivity index (χ4v) is 3.40. The van der Waals surface area contributed by atoms with Gasteiger partial charge in [0.15, 0.2) is 0 Å². The van der Waals surface area contributed by atoms with Crippen molar-refractivity contribution in [2.75, 3.05) is 0 Å². The maximum Gasteiger partial charge on any atom is 0.326 e. The van der Waals surface area contributed by atoms with Crippen molar-refractivity contribution in [2.45, 2.75) is 110 Å². The first kappa shape index (κ1) is 23.1. The minimum Gasteiger partial charge on any atom is -0.130 e. The largest absolute Gasteiger partial charge is 0.326 e. The fourth-order valence-electron chi connectivity index (χ4n) is 3.40. The third-order valence-electron chi connectivity index (χ3n) is 4.69. The van der Waals surface area contributed by atoms with Crippen molar-refractivity contribution < 1.29 is 0 Å². The first-order valence-electron chi connectivity index (χ1n) is 9.59. The zero-order chi connectivity index (χ0) is 16.5. The number of halogens is 3. The van der Waals surface area contributed by atoms with E-state index in [-0.39, 0.29) is 0 Å². The van der Waals surface area contributed by atoms with E-state index in [1.807, 2.05) is 0 Å². The summed E-state index contributed by atoms with van der Waals surface area (Å²) in [4.78, 5) is 0. The molecule has 22 heavy (non-hydrogen) atoms. The SMILES string of the molecule is CCCCCCCCCCCC1CCCCCC1.Cl[SiH](Cl)Cl. The smallest absolute Gasteiger partial charge is 0.130 e. The summed E-state index contributed by atoms with van der Waals surface area (Å²) in [7, 11) is 0. The van der Waals surface area contributed by atoms with Gasteiger partial charge in [-0.15, -0.1) is 33.2 Å². The molecule has 1 aliphatic carbocycles. The summed E-state index contributed by atoms with van der Waals surface area (Å²) in [6, 6.07) is 0. The molecule has 0 saturated heterocycles. The van der Waals surface area contributed by atoms with E-state index >= 15 is 0 Å². The molecule has 0 bridgehead atoms. The second-order valence-corrected chi connectivity index (χ2v) is 13.2. The minimum absolute atomic E-state index is 1.09. The molecule has 1 aliphatic rings. The van der Waals surface area contributed by atoms with E-state index in [0.29, 0.717) is 0 Å². The van der Waals surface area contributed by atoms with E-state index in [9.17, 15) is 0 Å². The molecule has 0 amide bonds. The van der Waals surface area contributed by atoms with Gasteiger partial charge in [-0.3, -0.25) is 0 Å². The van der Waals surface area contributed by atoms with Crippen LogP contribution < -0.4 is 0 Å². The Morgan fingerprint density at radius 2 is 1.09 bits per heavy atom. The van der Waals surface area contributed by atoms with Gasteiger partial charge in [0.2, 0.25) is 0 Å². The van der Waals surface area contributed by atoms with Gasteiger partial charge >= 0.3 is 6.73 Å². The average molecular weight is 388 g/mol. The molecule has 0 heterocycles. The molecule has 0 aromatic rings. The van der Waals surface area contributed by atoms with E-state index in [0.717, 1.165) is 5.92 Å². The molecule has 0 N–H and O–H groups in total. The Bertz CT molecular complexity index is 202. The van der Waals surface area contributed by atoms with Crippen molar-refractivity contribution in [3.63, 3.8) is 0 Å². The van der Waals surface area contributed by atoms with Crippen LogP contribution in [-0.2, 0) is 0 Å². The van der Waals surface area contributed by atoms with Gasteiger partial charge in [0.25, 0.3) is 0 Å². The van der Waals surface area contributed by atoms with Gasteiger partial charge in [-0.25, -0.2) is 0 Å². The monoisotopic (exact) mass is 386 g/mol. The van der Waals surface area contributed by atoms with E-state index in [1.165, 1.54) is 103 Å². The van der Waals surface area contributed by atoms with Gasteiger partial charge in [0.05, 0.1) is 0 Å². The lowest BCUT2D eigenvalue weighted by molar-refractivity contribution is 0.404. The average Bonchev–Trinajstić information content (AvgIpc) is 2.74. The first-order valence-corrected chi connectivity index (χ1v) is 14.8. The van der Waals surface area contributed by atoms with Crippen LogP contribution in [0.15, 0.2) is 0 Å². The Labute approximate surface area is 155 Å². The van der Waals surface area contributed by atoms with E-state index < -0.39 is 6.73 Å². The molecule has 4 heteroatoms. The molecule has 0 unspecified atom stereocenters. The summed E-state index contributed by atoms with van der Waals surface area (Å²) in [6.07, 6.45) is 23.9. The maximum absolute atomic E-state index is 4.94. The van der Waals surface area contributed by atoms with Crippen LogP contribution >= 0.6 is 33.2 Å². The summed E-state index contributed by atoms with van der Waals surface area (Å²) in [6.45, 7) is 0.577. The van der Waals surface area contributed by atoms with Gasteiger partial charge in [-0.1, -0.05) is 110 Å². The molecular formula is C18H37Cl3Si. The summed E-state index contributed by atoms with van der Waals surface area (Å²) in [5.74, 6) is 1.09. The summed E-state index contributed by atoms with van der Waals surface area (Å²) >= 11 is 14.8. The molecule has 1 rings (SSSR count). The van der Waals surface area contributed by atoms with Gasteiger partial charge < -0.3 is 0 Å². The highest BCUT2D eigenvalue weighted by Crippen LogP contribution is 2.27. The molecule has 0 radical (unpaired) electrons. The van der Waals surface area contributed by atoms with Gasteiger partial charge in [-0.05, 0) is 5.92 Å². The van der Waals surface area contributed by atoms with Crippen LogP contribution in [-0.4, -0.2) is 6.73 Å². The van der Waals surface area contributed by atoms with E-state index in [1.54, 1.807) is 0 Å². The lowest BCUT2D eigenvalue weighted by Crippen LogP contribution is -1.98.